The topological polar surface area (TPSA) is 9.86 Å². The Morgan fingerprint density at radius 1 is 0.275 bits per heavy atom. The SMILES string of the molecule is Cc1cc(-c2ccc(-c3ccc4c(c3)c3ccccc3n4-c3ccccc3)cc2)cc(-c2ccc(-n3c4ccccc4c4ccccc43)cc2)c1. The normalized spacial score (nSPS) is 11.6. The molecule has 2 nitrogen and oxygen atoms in total. The molecule has 0 aliphatic heterocycles. The van der Waals surface area contributed by atoms with Gasteiger partial charge in [-0.1, -0.05) is 127 Å². The summed E-state index contributed by atoms with van der Waals surface area (Å²) in [6, 6.07) is 68.5. The number of aromatic nitrogens is 2. The highest BCUT2D eigenvalue weighted by atomic mass is 15.0. The molecule has 0 spiro atoms. The largest absolute Gasteiger partial charge is 0.309 e. The number of hydrogen-bond donors (Lipinski definition) is 0. The third-order valence-corrected chi connectivity index (χ3v) is 10.4. The van der Waals surface area contributed by atoms with Crippen LogP contribution in [0.1, 0.15) is 5.56 Å². The molecule has 0 bridgehead atoms. The number of rotatable bonds is 5. The predicted molar refractivity (Wildman–Crippen MR) is 216 cm³/mol. The molecule has 8 aromatic carbocycles. The first kappa shape index (κ1) is 29.3. The van der Waals surface area contributed by atoms with Gasteiger partial charge in [-0.3, -0.25) is 0 Å². The van der Waals surface area contributed by atoms with Crippen molar-refractivity contribution in [1.29, 1.82) is 0 Å². The molecular weight excluding hydrogens is 617 g/mol. The zero-order valence-electron chi connectivity index (χ0n) is 28.3. The van der Waals surface area contributed by atoms with Crippen molar-refractivity contribution in [3.05, 3.63) is 194 Å². The lowest BCUT2D eigenvalue weighted by molar-refractivity contribution is 1.18. The molecule has 0 atom stereocenters. The van der Waals surface area contributed by atoms with E-state index in [1.54, 1.807) is 0 Å². The van der Waals surface area contributed by atoms with Crippen molar-refractivity contribution >= 4 is 43.6 Å². The number of hydrogen-bond acceptors (Lipinski definition) is 0. The van der Waals surface area contributed by atoms with Crippen molar-refractivity contribution in [2.24, 2.45) is 0 Å². The maximum atomic E-state index is 2.37. The molecule has 0 fully saturated rings. The first-order chi connectivity index (χ1) is 25.2. The Morgan fingerprint density at radius 3 is 1.22 bits per heavy atom. The molecule has 0 radical (unpaired) electrons. The highest BCUT2D eigenvalue weighted by molar-refractivity contribution is 6.11. The van der Waals surface area contributed by atoms with Crippen LogP contribution < -0.4 is 0 Å². The van der Waals surface area contributed by atoms with Crippen molar-refractivity contribution in [3.63, 3.8) is 0 Å². The summed E-state index contributed by atoms with van der Waals surface area (Å²) in [5.74, 6) is 0. The lowest BCUT2D eigenvalue weighted by Crippen LogP contribution is -1.93. The molecule has 0 N–H and O–H groups in total. The standard InChI is InChI=1S/C49H34N2/c1-33-29-38(31-39(30-33)36-23-26-41(27-24-36)51-46-16-8-5-13-42(46)43-14-6-9-17-47(43)51)35-21-19-34(20-22-35)37-25-28-49-45(32-37)44-15-7-10-18-48(44)50(49)40-11-3-2-4-12-40/h2-32H,1H3. The molecule has 51 heavy (non-hydrogen) atoms. The highest BCUT2D eigenvalue weighted by Crippen LogP contribution is 2.37. The van der Waals surface area contributed by atoms with Crippen LogP contribution in [-0.2, 0) is 0 Å². The van der Waals surface area contributed by atoms with Crippen LogP contribution in [0.25, 0.3) is 88.4 Å². The summed E-state index contributed by atoms with van der Waals surface area (Å²) in [5, 5.41) is 5.10. The lowest BCUT2D eigenvalue weighted by Gasteiger charge is -2.12. The third kappa shape index (κ3) is 4.87. The van der Waals surface area contributed by atoms with Crippen molar-refractivity contribution < 1.29 is 0 Å². The fraction of sp³-hybridized carbons (Fsp3) is 0.0204. The van der Waals surface area contributed by atoms with Gasteiger partial charge in [-0.25, -0.2) is 0 Å². The van der Waals surface area contributed by atoms with E-state index in [0.29, 0.717) is 0 Å². The summed E-state index contributed by atoms with van der Waals surface area (Å²) >= 11 is 0. The Hall–Kier alpha value is -6.64. The molecule has 0 saturated carbocycles. The first-order valence-electron chi connectivity index (χ1n) is 17.6. The van der Waals surface area contributed by atoms with Crippen LogP contribution in [0.15, 0.2) is 188 Å². The van der Waals surface area contributed by atoms with E-state index in [2.05, 4.69) is 204 Å². The minimum absolute atomic E-state index is 1.17. The lowest BCUT2D eigenvalue weighted by atomic mass is 9.95. The van der Waals surface area contributed by atoms with Crippen molar-refractivity contribution in [2.45, 2.75) is 6.92 Å². The number of fused-ring (bicyclic) bond motifs is 6. The highest BCUT2D eigenvalue weighted by Gasteiger charge is 2.14. The van der Waals surface area contributed by atoms with Crippen molar-refractivity contribution in [1.82, 2.24) is 9.13 Å². The monoisotopic (exact) mass is 650 g/mol. The number of aryl methyl sites for hydroxylation is 1. The van der Waals surface area contributed by atoms with E-state index in [9.17, 15) is 0 Å². The fourth-order valence-corrected chi connectivity index (χ4v) is 7.98. The van der Waals surface area contributed by atoms with Gasteiger partial charge >= 0.3 is 0 Å². The molecular formula is C49H34N2. The molecule has 0 aliphatic rings. The molecule has 0 unspecified atom stereocenters. The van der Waals surface area contributed by atoms with E-state index in [4.69, 9.17) is 0 Å². The molecule has 2 heteroatoms. The first-order valence-corrected chi connectivity index (χ1v) is 17.6. The van der Waals surface area contributed by atoms with Gasteiger partial charge in [-0.05, 0) is 107 Å². The second-order valence-electron chi connectivity index (χ2n) is 13.5. The molecule has 10 rings (SSSR count). The van der Waals surface area contributed by atoms with Gasteiger partial charge in [0.25, 0.3) is 0 Å². The fourth-order valence-electron chi connectivity index (χ4n) is 7.98. The average molecular weight is 651 g/mol. The molecule has 2 heterocycles. The minimum atomic E-state index is 1.17. The van der Waals surface area contributed by atoms with Gasteiger partial charge in [0.1, 0.15) is 0 Å². The Bertz CT molecular complexity index is 2840. The maximum absolute atomic E-state index is 2.37. The second-order valence-corrected chi connectivity index (χ2v) is 13.5. The van der Waals surface area contributed by atoms with Crippen LogP contribution in [0.2, 0.25) is 0 Å². The summed E-state index contributed by atoms with van der Waals surface area (Å²) in [5.41, 5.74) is 15.8. The van der Waals surface area contributed by atoms with Crippen molar-refractivity contribution in [2.75, 3.05) is 0 Å². The summed E-state index contributed by atoms with van der Waals surface area (Å²) in [6.07, 6.45) is 0. The summed E-state index contributed by atoms with van der Waals surface area (Å²) in [7, 11) is 0. The van der Waals surface area contributed by atoms with Crippen LogP contribution in [0.5, 0.6) is 0 Å². The van der Waals surface area contributed by atoms with Gasteiger partial charge in [0.15, 0.2) is 0 Å². The van der Waals surface area contributed by atoms with Crippen molar-refractivity contribution in [3.8, 4) is 44.8 Å². The molecule has 10 aromatic rings. The molecule has 240 valence electrons. The van der Waals surface area contributed by atoms with Gasteiger partial charge < -0.3 is 9.13 Å². The average Bonchev–Trinajstić information content (AvgIpc) is 3.71. The van der Waals surface area contributed by atoms with E-state index in [-0.39, 0.29) is 0 Å². The number of para-hydroxylation sites is 4. The van der Waals surface area contributed by atoms with Crippen LogP contribution >= 0.6 is 0 Å². The van der Waals surface area contributed by atoms with Crippen LogP contribution in [0.4, 0.5) is 0 Å². The zero-order valence-corrected chi connectivity index (χ0v) is 28.3. The molecule has 0 aliphatic carbocycles. The number of nitrogens with zero attached hydrogens (tertiary/aromatic N) is 2. The van der Waals surface area contributed by atoms with E-state index in [1.165, 1.54) is 93.9 Å². The molecule has 0 saturated heterocycles. The Labute approximate surface area is 297 Å². The summed E-state index contributed by atoms with van der Waals surface area (Å²) < 4.78 is 4.74. The van der Waals surface area contributed by atoms with Gasteiger partial charge in [0, 0.05) is 32.9 Å². The third-order valence-electron chi connectivity index (χ3n) is 10.4. The number of benzene rings is 8. The zero-order chi connectivity index (χ0) is 33.9. The van der Waals surface area contributed by atoms with Gasteiger partial charge in [-0.2, -0.15) is 0 Å². The summed E-state index contributed by atoms with van der Waals surface area (Å²) in [6.45, 7) is 2.19. The Kier molecular flexibility index (Phi) is 6.75. The van der Waals surface area contributed by atoms with Crippen LogP contribution in [0, 0.1) is 6.92 Å². The smallest absolute Gasteiger partial charge is 0.0541 e. The molecule has 2 aromatic heterocycles. The van der Waals surface area contributed by atoms with E-state index >= 15 is 0 Å². The van der Waals surface area contributed by atoms with Crippen LogP contribution in [0.3, 0.4) is 0 Å². The van der Waals surface area contributed by atoms with E-state index in [0.717, 1.165) is 0 Å². The van der Waals surface area contributed by atoms with Crippen LogP contribution in [-0.4, -0.2) is 9.13 Å². The Balaban J connectivity index is 0.979. The van der Waals surface area contributed by atoms with E-state index < -0.39 is 0 Å². The quantitative estimate of drug-likeness (QED) is 0.175. The predicted octanol–water partition coefficient (Wildman–Crippen LogP) is 13.2. The van der Waals surface area contributed by atoms with E-state index in [1.807, 2.05) is 0 Å². The van der Waals surface area contributed by atoms with Gasteiger partial charge in [-0.15, -0.1) is 0 Å². The Morgan fingerprint density at radius 2 is 0.667 bits per heavy atom. The molecule has 0 amide bonds. The van der Waals surface area contributed by atoms with Gasteiger partial charge in [0.2, 0.25) is 0 Å². The second kappa shape index (κ2) is 11.8. The maximum Gasteiger partial charge on any atom is 0.0541 e. The van der Waals surface area contributed by atoms with Gasteiger partial charge in [0.05, 0.1) is 22.1 Å². The minimum Gasteiger partial charge on any atom is -0.309 e. The summed E-state index contributed by atoms with van der Waals surface area (Å²) in [4.78, 5) is 0.